The first-order chi connectivity index (χ1) is 6.77. The summed E-state index contributed by atoms with van der Waals surface area (Å²) in [4.78, 5) is 11.2. The van der Waals surface area contributed by atoms with Crippen LogP contribution in [0.15, 0.2) is 30.3 Å². The zero-order valence-corrected chi connectivity index (χ0v) is 7.94. The molecule has 1 aliphatic rings. The predicted molar refractivity (Wildman–Crippen MR) is 54.5 cm³/mol. The number of nitrogens with one attached hydrogen (secondary N) is 1. The molecule has 1 saturated heterocycles. The predicted octanol–water partition coefficient (Wildman–Crippen LogP) is 0.965. The molecule has 2 atom stereocenters. The summed E-state index contributed by atoms with van der Waals surface area (Å²) in [6, 6.07) is 9.89. The lowest BCUT2D eigenvalue weighted by molar-refractivity contribution is -0.123. The van der Waals surface area contributed by atoms with Crippen molar-refractivity contribution in [3.05, 3.63) is 35.9 Å². The molecule has 3 N–H and O–H groups in total. The molecular weight excluding hydrogens is 176 g/mol. The van der Waals surface area contributed by atoms with Gasteiger partial charge in [0.05, 0.1) is 6.04 Å². The molecule has 1 fully saturated rings. The Morgan fingerprint density at radius 2 is 2.00 bits per heavy atom. The van der Waals surface area contributed by atoms with Gasteiger partial charge in [-0.25, -0.2) is 0 Å². The van der Waals surface area contributed by atoms with Gasteiger partial charge in [0.25, 0.3) is 0 Å². The Bertz CT molecular complexity index is 323. The van der Waals surface area contributed by atoms with Gasteiger partial charge in [0, 0.05) is 12.5 Å². The highest BCUT2D eigenvalue weighted by atomic mass is 16.1. The van der Waals surface area contributed by atoms with Gasteiger partial charge in [0.1, 0.15) is 0 Å². The van der Waals surface area contributed by atoms with Crippen molar-refractivity contribution in [2.24, 2.45) is 5.73 Å². The van der Waals surface area contributed by atoms with E-state index in [1.54, 1.807) is 0 Å². The zero-order chi connectivity index (χ0) is 9.97. The number of carbonyl (C=O) groups excluding carboxylic acids is 1. The van der Waals surface area contributed by atoms with Gasteiger partial charge in [0.15, 0.2) is 0 Å². The fourth-order valence-electron chi connectivity index (χ4n) is 1.81. The van der Waals surface area contributed by atoms with E-state index in [-0.39, 0.29) is 18.0 Å². The Hall–Kier alpha value is -1.35. The van der Waals surface area contributed by atoms with Crippen LogP contribution in [0, 0.1) is 0 Å². The van der Waals surface area contributed by atoms with Gasteiger partial charge in [-0.3, -0.25) is 4.79 Å². The maximum atomic E-state index is 11.2. The number of benzene rings is 1. The lowest BCUT2D eigenvalue weighted by Gasteiger charge is -2.29. The van der Waals surface area contributed by atoms with Crippen molar-refractivity contribution in [1.82, 2.24) is 5.32 Å². The van der Waals surface area contributed by atoms with Gasteiger partial charge in [-0.1, -0.05) is 30.3 Å². The van der Waals surface area contributed by atoms with Gasteiger partial charge in [0.2, 0.25) is 5.91 Å². The molecule has 0 spiro atoms. The van der Waals surface area contributed by atoms with Crippen LogP contribution in [-0.4, -0.2) is 11.9 Å². The summed E-state index contributed by atoms with van der Waals surface area (Å²) in [5.74, 6) is 0.0977. The summed E-state index contributed by atoms with van der Waals surface area (Å²) in [7, 11) is 0. The third kappa shape index (κ3) is 1.77. The first-order valence-corrected chi connectivity index (χ1v) is 4.87. The summed E-state index contributed by atoms with van der Waals surface area (Å²) in [5.41, 5.74) is 7.05. The van der Waals surface area contributed by atoms with Crippen molar-refractivity contribution in [1.29, 1.82) is 0 Å². The smallest absolute Gasteiger partial charge is 0.220 e. The first kappa shape index (κ1) is 9.21. The van der Waals surface area contributed by atoms with Crippen LogP contribution in [0.4, 0.5) is 0 Å². The standard InChI is InChI=1S/C11H14N2O/c12-9-6-7-10(14)13-11(9)8-4-2-1-3-5-8/h1-5,9,11H,6-7,12H2,(H,13,14). The molecule has 1 aromatic carbocycles. The Balaban J connectivity index is 2.20. The quantitative estimate of drug-likeness (QED) is 0.693. The highest BCUT2D eigenvalue weighted by Gasteiger charge is 2.26. The molecule has 0 radical (unpaired) electrons. The van der Waals surface area contributed by atoms with Gasteiger partial charge >= 0.3 is 0 Å². The minimum Gasteiger partial charge on any atom is -0.348 e. The average Bonchev–Trinajstić information content (AvgIpc) is 2.23. The number of carbonyl (C=O) groups is 1. The monoisotopic (exact) mass is 190 g/mol. The maximum Gasteiger partial charge on any atom is 0.220 e. The molecule has 1 aliphatic heterocycles. The lowest BCUT2D eigenvalue weighted by Crippen LogP contribution is -2.45. The molecule has 74 valence electrons. The first-order valence-electron chi connectivity index (χ1n) is 4.87. The van der Waals surface area contributed by atoms with Crippen molar-refractivity contribution < 1.29 is 4.79 Å². The van der Waals surface area contributed by atoms with E-state index in [4.69, 9.17) is 5.73 Å². The lowest BCUT2D eigenvalue weighted by atomic mass is 9.93. The molecule has 1 heterocycles. The minimum absolute atomic E-state index is 0.0163. The van der Waals surface area contributed by atoms with Crippen molar-refractivity contribution in [3.8, 4) is 0 Å². The molecule has 2 rings (SSSR count). The van der Waals surface area contributed by atoms with E-state index in [2.05, 4.69) is 5.32 Å². The third-order valence-electron chi connectivity index (χ3n) is 2.61. The van der Waals surface area contributed by atoms with E-state index in [0.29, 0.717) is 6.42 Å². The Labute approximate surface area is 83.3 Å². The van der Waals surface area contributed by atoms with Crippen LogP contribution in [0.1, 0.15) is 24.4 Å². The van der Waals surface area contributed by atoms with Crippen LogP contribution >= 0.6 is 0 Å². The normalized spacial score (nSPS) is 27.1. The highest BCUT2D eigenvalue weighted by Crippen LogP contribution is 2.21. The third-order valence-corrected chi connectivity index (χ3v) is 2.61. The summed E-state index contributed by atoms with van der Waals surface area (Å²) in [5, 5.41) is 2.92. The van der Waals surface area contributed by atoms with E-state index in [0.717, 1.165) is 12.0 Å². The van der Waals surface area contributed by atoms with Crippen molar-refractivity contribution >= 4 is 5.91 Å². The van der Waals surface area contributed by atoms with E-state index in [1.807, 2.05) is 30.3 Å². The molecule has 0 aromatic heterocycles. The summed E-state index contributed by atoms with van der Waals surface area (Å²) >= 11 is 0. The Kier molecular flexibility index (Phi) is 2.50. The van der Waals surface area contributed by atoms with Crippen LogP contribution in [-0.2, 0) is 4.79 Å². The van der Waals surface area contributed by atoms with Crippen LogP contribution < -0.4 is 11.1 Å². The molecule has 0 bridgehead atoms. The fourth-order valence-corrected chi connectivity index (χ4v) is 1.81. The molecule has 3 heteroatoms. The van der Waals surface area contributed by atoms with Crippen LogP contribution in [0.25, 0.3) is 0 Å². The van der Waals surface area contributed by atoms with E-state index < -0.39 is 0 Å². The van der Waals surface area contributed by atoms with Gasteiger partial charge < -0.3 is 11.1 Å². The van der Waals surface area contributed by atoms with Gasteiger partial charge in [-0.2, -0.15) is 0 Å². The average molecular weight is 190 g/mol. The summed E-state index contributed by atoms with van der Waals surface area (Å²) in [6.45, 7) is 0. The Morgan fingerprint density at radius 3 is 2.71 bits per heavy atom. The zero-order valence-electron chi connectivity index (χ0n) is 7.94. The van der Waals surface area contributed by atoms with Crippen LogP contribution in [0.5, 0.6) is 0 Å². The SMILES string of the molecule is NC1CCC(=O)NC1c1ccccc1. The topological polar surface area (TPSA) is 55.1 Å². The number of nitrogens with two attached hydrogens (primary N) is 1. The van der Waals surface area contributed by atoms with E-state index >= 15 is 0 Å². The highest BCUT2D eigenvalue weighted by molar-refractivity contribution is 5.77. The van der Waals surface area contributed by atoms with Crippen LogP contribution in [0.2, 0.25) is 0 Å². The molecule has 3 nitrogen and oxygen atoms in total. The molecule has 1 aromatic rings. The van der Waals surface area contributed by atoms with E-state index in [9.17, 15) is 4.79 Å². The summed E-state index contributed by atoms with van der Waals surface area (Å²) in [6.07, 6.45) is 1.32. The van der Waals surface area contributed by atoms with Gasteiger partial charge in [-0.05, 0) is 12.0 Å². The van der Waals surface area contributed by atoms with Crippen molar-refractivity contribution in [2.75, 3.05) is 0 Å². The number of piperidine rings is 1. The van der Waals surface area contributed by atoms with Crippen LogP contribution in [0.3, 0.4) is 0 Å². The minimum atomic E-state index is -0.0163. The van der Waals surface area contributed by atoms with Gasteiger partial charge in [-0.15, -0.1) is 0 Å². The number of amides is 1. The van der Waals surface area contributed by atoms with E-state index in [1.165, 1.54) is 0 Å². The molecule has 14 heavy (non-hydrogen) atoms. The Morgan fingerprint density at radius 1 is 1.29 bits per heavy atom. The second kappa shape index (κ2) is 3.80. The second-order valence-electron chi connectivity index (χ2n) is 3.66. The molecule has 1 amide bonds. The second-order valence-corrected chi connectivity index (χ2v) is 3.66. The number of hydrogen-bond acceptors (Lipinski definition) is 2. The van der Waals surface area contributed by atoms with Crippen molar-refractivity contribution in [2.45, 2.75) is 24.9 Å². The summed E-state index contributed by atoms with van der Waals surface area (Å²) < 4.78 is 0. The number of rotatable bonds is 1. The van der Waals surface area contributed by atoms with Crippen molar-refractivity contribution in [3.63, 3.8) is 0 Å². The molecule has 0 saturated carbocycles. The largest absolute Gasteiger partial charge is 0.348 e. The molecular formula is C11H14N2O. The fraction of sp³-hybridized carbons (Fsp3) is 0.364. The molecule has 0 aliphatic carbocycles. The maximum absolute atomic E-state index is 11.2. The number of hydrogen-bond donors (Lipinski definition) is 2. The molecule has 2 unspecified atom stereocenters.